The molecule has 0 spiro atoms. The van der Waals surface area contributed by atoms with Crippen molar-refractivity contribution in [2.45, 2.75) is 39.5 Å². The normalized spacial score (nSPS) is 9.89. The molecule has 0 unspecified atom stereocenters. The van der Waals surface area contributed by atoms with Crippen LogP contribution in [-0.2, 0) is 19.1 Å². The molecule has 0 amide bonds. The molecule has 0 saturated heterocycles. The Hall–Kier alpha value is -0.690. The molecule has 0 radical (unpaired) electrons. The van der Waals surface area contributed by atoms with Crippen LogP contribution in [0.4, 0.5) is 4.79 Å². The molecule has 0 aromatic heterocycles. The van der Waals surface area contributed by atoms with E-state index >= 15 is 0 Å². The van der Waals surface area contributed by atoms with Crippen LogP contribution in [0.2, 0.25) is 0 Å². The number of hydrogen-bond acceptors (Lipinski definition) is 7. The highest BCUT2D eigenvalue weighted by Crippen LogP contribution is 2.10. The molecular weight excluding hydrogens is 276 g/mol. The first-order valence-corrected chi connectivity index (χ1v) is 7.68. The molecule has 104 valence electrons. The van der Waals surface area contributed by atoms with E-state index in [2.05, 4.69) is 9.47 Å². The summed E-state index contributed by atoms with van der Waals surface area (Å²) in [5.74, 6) is -0.101. The molecule has 5 nitrogen and oxygen atoms in total. The molecular formula is C11H18O5S2. The van der Waals surface area contributed by atoms with E-state index in [1.807, 2.05) is 13.8 Å². The van der Waals surface area contributed by atoms with Gasteiger partial charge in [0, 0.05) is 12.8 Å². The lowest BCUT2D eigenvalue weighted by molar-refractivity contribution is -0.111. The number of hydrogen-bond donors (Lipinski definition) is 0. The van der Waals surface area contributed by atoms with Crippen molar-refractivity contribution in [3.05, 3.63) is 0 Å². The van der Waals surface area contributed by atoms with E-state index in [0.29, 0.717) is 12.8 Å². The lowest BCUT2D eigenvalue weighted by Gasteiger charge is -2.04. The van der Waals surface area contributed by atoms with Gasteiger partial charge in [-0.05, 0) is 36.4 Å². The molecule has 7 heteroatoms. The quantitative estimate of drug-likeness (QED) is 0.503. The second-order valence-corrected chi connectivity index (χ2v) is 5.27. The van der Waals surface area contributed by atoms with Crippen molar-refractivity contribution in [1.29, 1.82) is 0 Å². The highest BCUT2D eigenvalue weighted by Gasteiger charge is 2.08. The maximum atomic E-state index is 11.1. The molecule has 0 N–H and O–H groups in total. The first-order valence-electron chi connectivity index (χ1n) is 5.70. The summed E-state index contributed by atoms with van der Waals surface area (Å²) in [6.07, 6.45) is 1.61. The van der Waals surface area contributed by atoms with Crippen molar-refractivity contribution in [2.75, 3.05) is 11.9 Å². The van der Waals surface area contributed by atoms with Gasteiger partial charge in [0.2, 0.25) is 0 Å². The standard InChI is InChI=1S/C11H18O5S2/c1-3-5-9(12)17-7-15-11(14)16-8-18-10(13)6-4-2/h3-8H2,1-2H3. The Morgan fingerprint density at radius 1 is 0.833 bits per heavy atom. The summed E-state index contributed by atoms with van der Waals surface area (Å²) in [4.78, 5) is 33.2. The van der Waals surface area contributed by atoms with Crippen LogP contribution >= 0.6 is 23.5 Å². The topological polar surface area (TPSA) is 69.7 Å². The van der Waals surface area contributed by atoms with Crippen LogP contribution in [0.5, 0.6) is 0 Å². The van der Waals surface area contributed by atoms with Crippen molar-refractivity contribution in [3.63, 3.8) is 0 Å². The van der Waals surface area contributed by atoms with Crippen molar-refractivity contribution in [3.8, 4) is 0 Å². The minimum atomic E-state index is -0.858. The smallest absolute Gasteiger partial charge is 0.423 e. The third-order valence-electron chi connectivity index (χ3n) is 1.70. The van der Waals surface area contributed by atoms with Gasteiger partial charge in [0.15, 0.2) is 10.2 Å². The molecule has 0 aliphatic heterocycles. The van der Waals surface area contributed by atoms with Gasteiger partial charge >= 0.3 is 6.16 Å². The minimum Gasteiger partial charge on any atom is -0.423 e. The van der Waals surface area contributed by atoms with Gasteiger partial charge in [0.25, 0.3) is 0 Å². The number of ether oxygens (including phenoxy) is 2. The van der Waals surface area contributed by atoms with Crippen molar-refractivity contribution in [1.82, 2.24) is 0 Å². The fourth-order valence-electron chi connectivity index (χ4n) is 0.881. The Morgan fingerprint density at radius 3 is 1.56 bits per heavy atom. The van der Waals surface area contributed by atoms with Crippen LogP contribution in [0.15, 0.2) is 0 Å². The summed E-state index contributed by atoms with van der Waals surface area (Å²) in [6.45, 7) is 3.80. The fraction of sp³-hybridized carbons (Fsp3) is 0.727. The molecule has 0 atom stereocenters. The molecule has 0 aliphatic carbocycles. The number of carbonyl (C=O) groups excluding carboxylic acids is 3. The Bertz CT molecular complexity index is 255. The zero-order valence-electron chi connectivity index (χ0n) is 10.6. The van der Waals surface area contributed by atoms with Crippen LogP contribution < -0.4 is 0 Å². The lowest BCUT2D eigenvalue weighted by Crippen LogP contribution is -2.08. The first kappa shape index (κ1) is 17.3. The Morgan fingerprint density at radius 2 is 1.22 bits per heavy atom. The van der Waals surface area contributed by atoms with Gasteiger partial charge < -0.3 is 9.47 Å². The van der Waals surface area contributed by atoms with Crippen LogP contribution in [0.1, 0.15) is 39.5 Å². The van der Waals surface area contributed by atoms with Crippen LogP contribution in [0.3, 0.4) is 0 Å². The molecule has 18 heavy (non-hydrogen) atoms. The first-order chi connectivity index (χ1) is 8.60. The van der Waals surface area contributed by atoms with Crippen LogP contribution in [0.25, 0.3) is 0 Å². The van der Waals surface area contributed by atoms with E-state index in [-0.39, 0.29) is 22.1 Å². The van der Waals surface area contributed by atoms with Crippen LogP contribution in [-0.4, -0.2) is 28.3 Å². The summed E-state index contributed by atoms with van der Waals surface area (Å²) < 4.78 is 9.31. The van der Waals surface area contributed by atoms with Gasteiger partial charge in [-0.3, -0.25) is 9.59 Å². The maximum Gasteiger partial charge on any atom is 0.509 e. The minimum absolute atomic E-state index is 0.0159. The largest absolute Gasteiger partial charge is 0.509 e. The highest BCUT2D eigenvalue weighted by atomic mass is 32.2. The van der Waals surface area contributed by atoms with Crippen LogP contribution in [0, 0.1) is 0 Å². The second-order valence-electron chi connectivity index (χ2n) is 3.31. The van der Waals surface area contributed by atoms with E-state index in [4.69, 9.17) is 0 Å². The van der Waals surface area contributed by atoms with E-state index in [0.717, 1.165) is 36.4 Å². The Kier molecular flexibility index (Phi) is 11.0. The van der Waals surface area contributed by atoms with Crippen molar-refractivity contribution >= 4 is 39.9 Å². The summed E-state index contributed by atoms with van der Waals surface area (Å²) in [7, 11) is 0. The van der Waals surface area contributed by atoms with E-state index < -0.39 is 6.16 Å². The molecule has 0 saturated carbocycles. The third kappa shape index (κ3) is 10.5. The monoisotopic (exact) mass is 294 g/mol. The number of rotatable bonds is 8. The third-order valence-corrected chi connectivity index (χ3v) is 3.23. The number of thioether (sulfide) groups is 2. The van der Waals surface area contributed by atoms with Crippen molar-refractivity contribution < 1.29 is 23.9 Å². The van der Waals surface area contributed by atoms with Gasteiger partial charge in [-0.2, -0.15) is 0 Å². The SMILES string of the molecule is CCCC(=O)SCOC(=O)OCSC(=O)CCC. The molecule has 0 bridgehead atoms. The predicted molar refractivity (Wildman–Crippen MR) is 72.3 cm³/mol. The molecule has 0 fully saturated rings. The molecule has 0 heterocycles. The predicted octanol–water partition coefficient (Wildman–Crippen LogP) is 3.17. The second kappa shape index (κ2) is 11.4. The summed E-state index contributed by atoms with van der Waals surface area (Å²) >= 11 is 1.88. The molecule has 0 aromatic carbocycles. The van der Waals surface area contributed by atoms with Gasteiger partial charge in [0.1, 0.15) is 11.9 Å². The zero-order valence-corrected chi connectivity index (χ0v) is 12.2. The average molecular weight is 294 g/mol. The van der Waals surface area contributed by atoms with Gasteiger partial charge in [0.05, 0.1) is 0 Å². The average Bonchev–Trinajstić information content (AvgIpc) is 2.29. The van der Waals surface area contributed by atoms with E-state index in [9.17, 15) is 14.4 Å². The van der Waals surface area contributed by atoms with E-state index in [1.54, 1.807) is 0 Å². The summed E-state index contributed by atoms with van der Waals surface area (Å²) in [5, 5.41) is -0.0319. The summed E-state index contributed by atoms with van der Waals surface area (Å²) in [5.41, 5.74) is 0. The van der Waals surface area contributed by atoms with E-state index in [1.165, 1.54) is 0 Å². The molecule has 0 rings (SSSR count). The van der Waals surface area contributed by atoms with Gasteiger partial charge in [-0.1, -0.05) is 13.8 Å². The lowest BCUT2D eigenvalue weighted by atomic mass is 10.4. The Labute approximate surface area is 115 Å². The Balaban J connectivity index is 3.48. The molecule has 0 aromatic rings. The van der Waals surface area contributed by atoms with Crippen molar-refractivity contribution in [2.24, 2.45) is 0 Å². The number of carbonyl (C=O) groups is 3. The maximum absolute atomic E-state index is 11.1. The fourth-order valence-corrected chi connectivity index (χ4v) is 2.15. The van der Waals surface area contributed by atoms with Gasteiger partial charge in [-0.25, -0.2) is 4.79 Å². The zero-order chi connectivity index (χ0) is 13.8. The van der Waals surface area contributed by atoms with Gasteiger partial charge in [-0.15, -0.1) is 0 Å². The highest BCUT2D eigenvalue weighted by molar-refractivity contribution is 8.13. The summed E-state index contributed by atoms with van der Waals surface area (Å²) in [6, 6.07) is 0. The molecule has 0 aliphatic rings.